The zero-order valence-electron chi connectivity index (χ0n) is 12.4. The molecule has 114 valence electrons. The van der Waals surface area contributed by atoms with Crippen molar-refractivity contribution in [3.05, 3.63) is 72.3 Å². The van der Waals surface area contributed by atoms with Crippen LogP contribution in [0.5, 0.6) is 0 Å². The minimum atomic E-state index is -0.281. The monoisotopic (exact) mass is 305 g/mol. The normalized spacial score (nSPS) is 13.0. The van der Waals surface area contributed by atoms with Gasteiger partial charge in [-0.2, -0.15) is 0 Å². The number of carbonyl (C=O) groups is 1. The third kappa shape index (κ3) is 2.57. The van der Waals surface area contributed by atoms with Crippen molar-refractivity contribution < 1.29 is 9.21 Å². The van der Waals surface area contributed by atoms with Crippen molar-refractivity contribution >= 4 is 23.1 Å². The van der Waals surface area contributed by atoms with Crippen LogP contribution in [0, 0.1) is 0 Å². The van der Waals surface area contributed by atoms with E-state index in [4.69, 9.17) is 4.42 Å². The Morgan fingerprint density at radius 2 is 2.04 bits per heavy atom. The number of amides is 1. The summed E-state index contributed by atoms with van der Waals surface area (Å²) in [7, 11) is 0. The van der Waals surface area contributed by atoms with Crippen LogP contribution in [0.15, 0.2) is 65.4 Å². The van der Waals surface area contributed by atoms with E-state index < -0.39 is 0 Å². The number of hydrogen-bond acceptors (Lipinski definition) is 4. The predicted octanol–water partition coefficient (Wildman–Crippen LogP) is 3.62. The molecule has 0 fully saturated rings. The summed E-state index contributed by atoms with van der Waals surface area (Å²) < 4.78 is 5.07. The number of aromatic nitrogens is 1. The van der Waals surface area contributed by atoms with Crippen LogP contribution >= 0.6 is 0 Å². The number of para-hydroxylation sites is 1. The van der Waals surface area contributed by atoms with Crippen LogP contribution in [0.3, 0.4) is 0 Å². The molecular weight excluding hydrogens is 290 g/mol. The van der Waals surface area contributed by atoms with Crippen molar-refractivity contribution in [3.63, 3.8) is 0 Å². The van der Waals surface area contributed by atoms with Crippen LogP contribution in [-0.4, -0.2) is 17.4 Å². The fraction of sp³-hybridized carbons (Fsp3) is 0.111. The highest BCUT2D eigenvalue weighted by Crippen LogP contribution is 2.33. The Bertz CT molecular complexity index is 826. The van der Waals surface area contributed by atoms with Crippen molar-refractivity contribution in [3.8, 4) is 0 Å². The van der Waals surface area contributed by atoms with Crippen molar-refractivity contribution in [2.24, 2.45) is 0 Å². The maximum Gasteiger partial charge on any atom is 0.291 e. The van der Waals surface area contributed by atoms with Crippen molar-refractivity contribution in [1.29, 1.82) is 0 Å². The van der Waals surface area contributed by atoms with Gasteiger partial charge in [-0.05, 0) is 42.3 Å². The second-order valence-electron chi connectivity index (χ2n) is 5.37. The second-order valence-corrected chi connectivity index (χ2v) is 5.37. The molecule has 3 aromatic rings. The molecular formula is C18H15N3O2. The van der Waals surface area contributed by atoms with Gasteiger partial charge in [-0.15, -0.1) is 0 Å². The minimum Gasteiger partial charge on any atom is -0.459 e. The van der Waals surface area contributed by atoms with Crippen molar-refractivity contribution in [2.45, 2.75) is 6.42 Å². The summed E-state index contributed by atoms with van der Waals surface area (Å²) in [4.78, 5) is 18.6. The molecule has 0 aliphatic carbocycles. The first-order valence-electron chi connectivity index (χ1n) is 7.47. The molecule has 0 bridgehead atoms. The fourth-order valence-electron chi connectivity index (χ4n) is 2.80. The van der Waals surface area contributed by atoms with E-state index in [0.717, 1.165) is 18.8 Å². The molecule has 5 heteroatoms. The number of carbonyl (C=O) groups excluding carboxylic acids is 1. The number of hydrogen-bond donors (Lipinski definition) is 1. The minimum absolute atomic E-state index is 0.280. The molecule has 1 aliphatic heterocycles. The van der Waals surface area contributed by atoms with E-state index in [9.17, 15) is 4.79 Å². The zero-order valence-corrected chi connectivity index (χ0v) is 12.4. The van der Waals surface area contributed by atoms with E-state index in [2.05, 4.69) is 33.4 Å². The molecule has 0 unspecified atom stereocenters. The molecule has 3 heterocycles. The van der Waals surface area contributed by atoms with Gasteiger partial charge in [0.15, 0.2) is 5.76 Å². The molecule has 23 heavy (non-hydrogen) atoms. The van der Waals surface area contributed by atoms with Gasteiger partial charge in [0, 0.05) is 12.2 Å². The van der Waals surface area contributed by atoms with E-state index in [1.54, 1.807) is 18.3 Å². The lowest BCUT2D eigenvalue weighted by Gasteiger charge is -2.18. The molecule has 1 N–H and O–H groups in total. The standard InChI is InChI=1S/C18H15N3O2/c22-18(16-6-3-11-23-16)20-14-7-8-17(19-12-14)21-10-9-13-4-1-2-5-15(13)21/h1-8,11-12H,9-10H2,(H,20,22). The SMILES string of the molecule is O=C(Nc1ccc(N2CCc3ccccc32)nc1)c1ccco1. The first kappa shape index (κ1) is 13.6. The summed E-state index contributed by atoms with van der Waals surface area (Å²) in [5, 5.41) is 2.77. The molecule has 0 saturated carbocycles. The van der Waals surface area contributed by atoms with Gasteiger partial charge in [0.25, 0.3) is 5.91 Å². The second kappa shape index (κ2) is 5.61. The predicted molar refractivity (Wildman–Crippen MR) is 88.1 cm³/mol. The molecule has 0 saturated heterocycles. The van der Waals surface area contributed by atoms with Gasteiger partial charge in [0.2, 0.25) is 0 Å². The number of anilines is 3. The number of nitrogens with one attached hydrogen (secondary N) is 1. The number of benzene rings is 1. The smallest absolute Gasteiger partial charge is 0.291 e. The van der Waals surface area contributed by atoms with Crippen LogP contribution in [0.2, 0.25) is 0 Å². The maximum absolute atomic E-state index is 11.9. The van der Waals surface area contributed by atoms with Gasteiger partial charge < -0.3 is 14.6 Å². The molecule has 4 rings (SSSR count). The maximum atomic E-state index is 11.9. The van der Waals surface area contributed by atoms with Gasteiger partial charge in [0.1, 0.15) is 5.82 Å². The molecule has 5 nitrogen and oxygen atoms in total. The van der Waals surface area contributed by atoms with Crippen molar-refractivity contribution in [1.82, 2.24) is 4.98 Å². The lowest BCUT2D eigenvalue weighted by Crippen LogP contribution is -2.15. The van der Waals surface area contributed by atoms with Crippen molar-refractivity contribution in [2.75, 3.05) is 16.8 Å². The summed E-state index contributed by atoms with van der Waals surface area (Å²) in [5.41, 5.74) is 3.18. The molecule has 2 aromatic heterocycles. The third-order valence-corrected chi connectivity index (χ3v) is 3.91. The van der Waals surface area contributed by atoms with Crippen LogP contribution in [0.4, 0.5) is 17.2 Å². The Morgan fingerprint density at radius 1 is 1.13 bits per heavy atom. The van der Waals surface area contributed by atoms with E-state index in [0.29, 0.717) is 5.69 Å². The summed E-state index contributed by atoms with van der Waals surface area (Å²) in [6.07, 6.45) is 4.16. The Hall–Kier alpha value is -3.08. The van der Waals surface area contributed by atoms with Gasteiger partial charge >= 0.3 is 0 Å². The zero-order chi connectivity index (χ0) is 15.6. The first-order valence-corrected chi connectivity index (χ1v) is 7.47. The molecule has 1 aliphatic rings. The number of fused-ring (bicyclic) bond motifs is 1. The average Bonchev–Trinajstić information content (AvgIpc) is 3.25. The molecule has 0 spiro atoms. The number of pyridine rings is 1. The number of rotatable bonds is 3. The summed E-state index contributed by atoms with van der Waals surface area (Å²) in [6, 6.07) is 15.4. The topological polar surface area (TPSA) is 58.4 Å². The number of nitrogens with zero attached hydrogens (tertiary/aromatic N) is 2. The van der Waals surface area contributed by atoms with E-state index in [-0.39, 0.29) is 11.7 Å². The summed E-state index contributed by atoms with van der Waals surface area (Å²) in [5.74, 6) is 0.879. The lowest BCUT2D eigenvalue weighted by molar-refractivity contribution is 0.0996. The van der Waals surface area contributed by atoms with Crippen LogP contribution in [0.25, 0.3) is 0 Å². The van der Waals surface area contributed by atoms with Gasteiger partial charge in [-0.25, -0.2) is 4.98 Å². The highest BCUT2D eigenvalue weighted by Gasteiger charge is 2.20. The largest absolute Gasteiger partial charge is 0.459 e. The van der Waals surface area contributed by atoms with Crippen LogP contribution in [0.1, 0.15) is 16.1 Å². The molecule has 1 amide bonds. The highest BCUT2D eigenvalue weighted by molar-refractivity contribution is 6.02. The van der Waals surface area contributed by atoms with Gasteiger partial charge in [-0.3, -0.25) is 4.79 Å². The Kier molecular flexibility index (Phi) is 3.31. The Balaban J connectivity index is 1.52. The Labute approximate surface area is 133 Å². The molecule has 0 radical (unpaired) electrons. The third-order valence-electron chi connectivity index (χ3n) is 3.91. The fourth-order valence-corrected chi connectivity index (χ4v) is 2.80. The highest BCUT2D eigenvalue weighted by atomic mass is 16.3. The van der Waals surface area contributed by atoms with E-state index in [1.165, 1.54) is 17.5 Å². The summed E-state index contributed by atoms with van der Waals surface area (Å²) in [6.45, 7) is 0.921. The Morgan fingerprint density at radius 3 is 2.83 bits per heavy atom. The van der Waals surface area contributed by atoms with Crippen LogP contribution in [-0.2, 0) is 6.42 Å². The van der Waals surface area contributed by atoms with Crippen LogP contribution < -0.4 is 10.2 Å². The quantitative estimate of drug-likeness (QED) is 0.803. The summed E-state index contributed by atoms with van der Waals surface area (Å²) >= 11 is 0. The lowest BCUT2D eigenvalue weighted by atomic mass is 10.2. The van der Waals surface area contributed by atoms with E-state index >= 15 is 0 Å². The first-order chi connectivity index (χ1) is 11.3. The number of furan rings is 1. The molecule has 1 aromatic carbocycles. The van der Waals surface area contributed by atoms with E-state index in [1.807, 2.05) is 18.2 Å². The molecule has 0 atom stereocenters. The van der Waals surface area contributed by atoms with Gasteiger partial charge in [-0.1, -0.05) is 18.2 Å². The average molecular weight is 305 g/mol. The van der Waals surface area contributed by atoms with Gasteiger partial charge in [0.05, 0.1) is 18.1 Å².